The highest BCUT2D eigenvalue weighted by Crippen LogP contribution is 2.32. The van der Waals surface area contributed by atoms with Crippen LogP contribution in [0, 0.1) is 5.41 Å². The summed E-state index contributed by atoms with van der Waals surface area (Å²) in [6.07, 6.45) is 5.18. The van der Waals surface area contributed by atoms with Crippen molar-refractivity contribution >= 4 is 17.7 Å². The molecular weight excluding hydrogens is 402 g/mol. The van der Waals surface area contributed by atoms with Crippen LogP contribution >= 0.6 is 0 Å². The average molecular weight is 440 g/mol. The normalized spacial score (nSPS) is 17.4. The van der Waals surface area contributed by atoms with E-state index in [1.807, 2.05) is 62.4 Å². The third-order valence-electron chi connectivity index (χ3n) is 5.28. The highest BCUT2D eigenvalue weighted by Gasteiger charge is 2.35. The lowest BCUT2D eigenvalue weighted by atomic mass is 9.81. The SMILES string of the molecule is CC.CCCC(C)(C)C1OC/C=C\c2cc(cc(OC)c2)COc2ccccc2NC1=O. The van der Waals surface area contributed by atoms with E-state index in [-0.39, 0.29) is 11.3 Å². The Balaban J connectivity index is 0.00000176. The molecule has 2 aromatic rings. The van der Waals surface area contributed by atoms with Crippen LogP contribution < -0.4 is 14.8 Å². The molecule has 1 aliphatic heterocycles. The Morgan fingerprint density at radius 1 is 1.16 bits per heavy atom. The number of hydrogen-bond donors (Lipinski definition) is 1. The van der Waals surface area contributed by atoms with Crippen molar-refractivity contribution < 1.29 is 19.0 Å². The predicted octanol–water partition coefficient (Wildman–Crippen LogP) is 6.48. The summed E-state index contributed by atoms with van der Waals surface area (Å²) in [6, 6.07) is 13.4. The average Bonchev–Trinajstić information content (AvgIpc) is 2.78. The van der Waals surface area contributed by atoms with Crippen molar-refractivity contribution in [3.63, 3.8) is 0 Å². The summed E-state index contributed by atoms with van der Waals surface area (Å²) < 4.78 is 17.6. The molecule has 5 nitrogen and oxygen atoms in total. The maximum atomic E-state index is 13.2. The van der Waals surface area contributed by atoms with Crippen LogP contribution in [0.4, 0.5) is 5.69 Å². The zero-order chi connectivity index (χ0) is 23.6. The predicted molar refractivity (Wildman–Crippen MR) is 131 cm³/mol. The molecule has 0 radical (unpaired) electrons. The molecule has 0 aliphatic carbocycles. The molecule has 0 saturated heterocycles. The number of ether oxygens (including phenoxy) is 3. The molecule has 1 atom stereocenters. The Morgan fingerprint density at radius 3 is 2.62 bits per heavy atom. The van der Waals surface area contributed by atoms with Crippen LogP contribution in [-0.4, -0.2) is 25.7 Å². The van der Waals surface area contributed by atoms with Gasteiger partial charge in [0.2, 0.25) is 0 Å². The van der Waals surface area contributed by atoms with Gasteiger partial charge in [0, 0.05) is 5.41 Å². The topological polar surface area (TPSA) is 56.8 Å². The van der Waals surface area contributed by atoms with Crippen molar-refractivity contribution in [2.75, 3.05) is 19.0 Å². The van der Waals surface area contributed by atoms with E-state index in [9.17, 15) is 4.79 Å². The molecule has 1 aliphatic rings. The zero-order valence-corrected chi connectivity index (χ0v) is 20.2. The van der Waals surface area contributed by atoms with Crippen molar-refractivity contribution in [1.29, 1.82) is 0 Å². The molecule has 1 unspecified atom stereocenters. The summed E-state index contributed by atoms with van der Waals surface area (Å²) in [6.45, 7) is 11.0. The van der Waals surface area contributed by atoms with Gasteiger partial charge in [0.15, 0.2) is 0 Å². The van der Waals surface area contributed by atoms with Crippen molar-refractivity contribution in [3.8, 4) is 11.5 Å². The number of anilines is 1. The highest BCUT2D eigenvalue weighted by atomic mass is 16.5. The molecule has 1 amide bonds. The van der Waals surface area contributed by atoms with E-state index in [2.05, 4.69) is 32.2 Å². The number of nitrogens with one attached hydrogen (secondary N) is 1. The van der Waals surface area contributed by atoms with Crippen LogP contribution in [0.5, 0.6) is 11.5 Å². The van der Waals surface area contributed by atoms with Gasteiger partial charge in [-0.2, -0.15) is 0 Å². The lowest BCUT2D eigenvalue weighted by molar-refractivity contribution is -0.134. The Kier molecular flexibility index (Phi) is 9.79. The third kappa shape index (κ3) is 6.86. The fourth-order valence-electron chi connectivity index (χ4n) is 3.81. The number of hydrogen-bond acceptors (Lipinski definition) is 4. The second kappa shape index (κ2) is 12.3. The first-order valence-electron chi connectivity index (χ1n) is 11.4. The largest absolute Gasteiger partial charge is 0.497 e. The maximum absolute atomic E-state index is 13.2. The molecule has 32 heavy (non-hydrogen) atoms. The molecule has 0 spiro atoms. The first-order chi connectivity index (χ1) is 15.4. The maximum Gasteiger partial charge on any atom is 0.254 e. The number of fused-ring (bicyclic) bond motifs is 3. The van der Waals surface area contributed by atoms with E-state index < -0.39 is 6.10 Å². The molecule has 1 N–H and O–H groups in total. The van der Waals surface area contributed by atoms with Gasteiger partial charge in [-0.3, -0.25) is 4.79 Å². The van der Waals surface area contributed by atoms with E-state index >= 15 is 0 Å². The van der Waals surface area contributed by atoms with E-state index in [4.69, 9.17) is 14.2 Å². The molecule has 2 bridgehead atoms. The monoisotopic (exact) mass is 439 g/mol. The van der Waals surface area contributed by atoms with E-state index in [0.29, 0.717) is 24.7 Å². The number of carbonyl (C=O) groups excluding carboxylic acids is 1. The molecule has 1 heterocycles. The molecule has 2 aromatic carbocycles. The van der Waals surface area contributed by atoms with Gasteiger partial charge >= 0.3 is 0 Å². The Hall–Kier alpha value is -2.79. The standard InChI is InChI=1S/C25H31NO4.C2H6/c1-5-12-25(2,3)23-24(27)26-21-10-6-7-11-22(21)30-17-19-14-18(9-8-13-29-23)15-20(16-19)28-4;1-2/h6-11,14-16,23H,5,12-13,17H2,1-4H3,(H,26,27);1-2H3/b9-8-;. The molecule has 0 fully saturated rings. The summed E-state index contributed by atoms with van der Waals surface area (Å²) in [5, 5.41) is 3.02. The van der Waals surface area contributed by atoms with Crippen LogP contribution in [0.1, 0.15) is 58.6 Å². The Labute approximate surface area is 192 Å². The van der Waals surface area contributed by atoms with Gasteiger partial charge < -0.3 is 19.5 Å². The number of rotatable bonds is 4. The van der Waals surface area contributed by atoms with Crippen LogP contribution in [0.25, 0.3) is 6.08 Å². The summed E-state index contributed by atoms with van der Waals surface area (Å²) >= 11 is 0. The molecule has 174 valence electrons. The lowest BCUT2D eigenvalue weighted by Gasteiger charge is -2.33. The minimum atomic E-state index is -0.584. The van der Waals surface area contributed by atoms with Gasteiger partial charge in [-0.05, 0) is 47.9 Å². The first-order valence-corrected chi connectivity index (χ1v) is 11.4. The Bertz CT molecular complexity index is 904. The summed E-state index contributed by atoms with van der Waals surface area (Å²) in [4.78, 5) is 13.2. The second-order valence-corrected chi connectivity index (χ2v) is 8.24. The Morgan fingerprint density at radius 2 is 1.91 bits per heavy atom. The van der Waals surface area contributed by atoms with Crippen LogP contribution in [0.2, 0.25) is 0 Å². The quantitative estimate of drug-likeness (QED) is 0.592. The van der Waals surface area contributed by atoms with E-state index in [1.54, 1.807) is 7.11 Å². The van der Waals surface area contributed by atoms with Crippen molar-refractivity contribution in [2.45, 2.75) is 60.2 Å². The van der Waals surface area contributed by atoms with Crippen molar-refractivity contribution in [2.24, 2.45) is 5.41 Å². The summed E-state index contributed by atoms with van der Waals surface area (Å²) in [5.74, 6) is 1.23. The van der Waals surface area contributed by atoms with Gasteiger partial charge in [0.05, 0.1) is 19.4 Å². The second-order valence-electron chi connectivity index (χ2n) is 8.24. The fraction of sp³-hybridized carbons (Fsp3) is 0.444. The smallest absolute Gasteiger partial charge is 0.254 e. The minimum absolute atomic E-state index is 0.157. The van der Waals surface area contributed by atoms with E-state index in [0.717, 1.165) is 29.7 Å². The first kappa shape index (κ1) is 25.5. The number of benzene rings is 2. The van der Waals surface area contributed by atoms with E-state index in [1.165, 1.54) is 0 Å². The summed E-state index contributed by atoms with van der Waals surface area (Å²) in [5.41, 5.74) is 2.31. The zero-order valence-electron chi connectivity index (χ0n) is 20.2. The molecule has 0 saturated carbocycles. The minimum Gasteiger partial charge on any atom is -0.497 e. The van der Waals surface area contributed by atoms with Crippen molar-refractivity contribution in [3.05, 3.63) is 59.7 Å². The van der Waals surface area contributed by atoms with Gasteiger partial charge in [-0.15, -0.1) is 0 Å². The lowest BCUT2D eigenvalue weighted by Crippen LogP contribution is -2.42. The van der Waals surface area contributed by atoms with Crippen LogP contribution in [0.15, 0.2) is 48.5 Å². The number of amides is 1. The van der Waals surface area contributed by atoms with Gasteiger partial charge in [0.1, 0.15) is 24.2 Å². The van der Waals surface area contributed by atoms with Gasteiger partial charge in [0.25, 0.3) is 5.91 Å². The number of methoxy groups -OCH3 is 1. The highest BCUT2D eigenvalue weighted by molar-refractivity contribution is 5.96. The van der Waals surface area contributed by atoms with Gasteiger partial charge in [-0.25, -0.2) is 0 Å². The van der Waals surface area contributed by atoms with Crippen LogP contribution in [0.3, 0.4) is 0 Å². The van der Waals surface area contributed by atoms with Gasteiger partial charge in [-0.1, -0.05) is 65.3 Å². The number of para-hydroxylation sites is 2. The van der Waals surface area contributed by atoms with Crippen LogP contribution in [-0.2, 0) is 16.1 Å². The molecule has 5 heteroatoms. The summed E-state index contributed by atoms with van der Waals surface area (Å²) in [7, 11) is 1.65. The molecular formula is C27H37NO4. The molecule has 3 rings (SSSR count). The molecule has 0 aromatic heterocycles. The third-order valence-corrected chi connectivity index (χ3v) is 5.28. The fourth-order valence-corrected chi connectivity index (χ4v) is 3.81. The number of carbonyl (C=O) groups is 1. The van der Waals surface area contributed by atoms with Crippen molar-refractivity contribution in [1.82, 2.24) is 0 Å².